The lowest BCUT2D eigenvalue weighted by atomic mass is 10.1. The molecule has 1 heterocycles. The van der Waals surface area contributed by atoms with Crippen LogP contribution in [0.25, 0.3) is 0 Å². The molecule has 1 N–H and O–H groups in total. The molecule has 1 aliphatic rings. The van der Waals surface area contributed by atoms with E-state index in [4.69, 9.17) is 4.74 Å². The summed E-state index contributed by atoms with van der Waals surface area (Å²) in [6.45, 7) is 1.87. The van der Waals surface area contributed by atoms with Gasteiger partial charge in [0.15, 0.2) is 0 Å². The molecule has 1 aliphatic heterocycles. The maximum absolute atomic E-state index is 12.8. The molecular weight excluding hydrogens is 488 g/mol. The van der Waals surface area contributed by atoms with Crippen molar-refractivity contribution in [2.45, 2.75) is 11.8 Å². The SMILES string of the molecule is Cc1c(NC(=O)CN(c2ccc(S(=O)(=O)N3CCOCC3)cc2)S(C)(=O)=O)cccc1[N+](=O)[O-]. The van der Waals surface area contributed by atoms with Gasteiger partial charge in [-0.05, 0) is 37.3 Å². The number of carbonyl (C=O) groups excluding carboxylic acids is 1. The van der Waals surface area contributed by atoms with Gasteiger partial charge in [-0.2, -0.15) is 4.31 Å². The number of nitro benzene ring substituents is 1. The Labute approximate surface area is 197 Å². The second kappa shape index (κ2) is 10.0. The summed E-state index contributed by atoms with van der Waals surface area (Å²) < 4.78 is 57.6. The van der Waals surface area contributed by atoms with E-state index in [9.17, 15) is 31.7 Å². The van der Waals surface area contributed by atoms with Crippen LogP contribution in [0.1, 0.15) is 5.56 Å². The second-order valence-corrected chi connectivity index (χ2v) is 11.4. The molecule has 14 heteroatoms. The van der Waals surface area contributed by atoms with Crippen LogP contribution in [0.4, 0.5) is 17.1 Å². The molecule has 34 heavy (non-hydrogen) atoms. The predicted molar refractivity (Wildman–Crippen MR) is 125 cm³/mol. The predicted octanol–water partition coefficient (Wildman–Crippen LogP) is 1.33. The van der Waals surface area contributed by atoms with Gasteiger partial charge in [0.2, 0.25) is 26.0 Å². The topological polar surface area (TPSA) is 156 Å². The van der Waals surface area contributed by atoms with Crippen LogP contribution in [-0.4, -0.2) is 71.1 Å². The minimum Gasteiger partial charge on any atom is -0.379 e. The second-order valence-electron chi connectivity index (χ2n) is 7.53. The highest BCUT2D eigenvalue weighted by Crippen LogP contribution is 2.26. The van der Waals surface area contributed by atoms with E-state index in [0.29, 0.717) is 13.2 Å². The van der Waals surface area contributed by atoms with Crippen LogP contribution in [0.15, 0.2) is 47.4 Å². The Morgan fingerprint density at radius 2 is 1.74 bits per heavy atom. The molecule has 12 nitrogen and oxygen atoms in total. The summed E-state index contributed by atoms with van der Waals surface area (Å²) in [5.41, 5.74) is 0.313. The van der Waals surface area contributed by atoms with E-state index in [-0.39, 0.29) is 40.6 Å². The van der Waals surface area contributed by atoms with Gasteiger partial charge in [-0.1, -0.05) is 6.07 Å². The minimum absolute atomic E-state index is 0.0109. The number of nitrogens with one attached hydrogen (secondary N) is 1. The number of hydrogen-bond acceptors (Lipinski definition) is 8. The molecule has 1 saturated heterocycles. The number of carbonyl (C=O) groups is 1. The Bertz CT molecular complexity index is 1290. The smallest absolute Gasteiger partial charge is 0.274 e. The molecule has 1 fully saturated rings. The van der Waals surface area contributed by atoms with Crippen molar-refractivity contribution in [3.05, 3.63) is 58.1 Å². The van der Waals surface area contributed by atoms with Crippen molar-refractivity contribution < 1.29 is 31.3 Å². The maximum atomic E-state index is 12.8. The monoisotopic (exact) mass is 512 g/mol. The Balaban J connectivity index is 1.81. The number of nitrogens with zero attached hydrogens (tertiary/aromatic N) is 3. The van der Waals surface area contributed by atoms with E-state index in [1.807, 2.05) is 0 Å². The first kappa shape index (κ1) is 25.6. The van der Waals surface area contributed by atoms with E-state index in [1.165, 1.54) is 53.7 Å². The summed E-state index contributed by atoms with van der Waals surface area (Å²) in [5, 5.41) is 13.6. The summed E-state index contributed by atoms with van der Waals surface area (Å²) in [7, 11) is -7.69. The third-order valence-corrected chi connectivity index (χ3v) is 8.25. The van der Waals surface area contributed by atoms with Crippen LogP contribution in [0.5, 0.6) is 0 Å². The number of benzene rings is 2. The lowest BCUT2D eigenvalue weighted by Gasteiger charge is -2.26. The van der Waals surface area contributed by atoms with E-state index in [2.05, 4.69) is 5.32 Å². The molecule has 0 atom stereocenters. The molecule has 2 aromatic rings. The van der Waals surface area contributed by atoms with Gasteiger partial charge in [0.05, 0.1) is 46.2 Å². The van der Waals surface area contributed by atoms with Crippen LogP contribution in [0, 0.1) is 17.0 Å². The summed E-state index contributed by atoms with van der Waals surface area (Å²) >= 11 is 0. The molecular formula is C20H24N4O8S2. The molecule has 0 bridgehead atoms. The van der Waals surface area contributed by atoms with Gasteiger partial charge in [-0.3, -0.25) is 19.2 Å². The highest BCUT2D eigenvalue weighted by atomic mass is 32.2. The summed E-state index contributed by atoms with van der Waals surface area (Å²) in [6.07, 6.45) is 0.914. The number of ether oxygens (including phenoxy) is 1. The molecule has 1 amide bonds. The van der Waals surface area contributed by atoms with E-state index >= 15 is 0 Å². The molecule has 0 unspecified atom stereocenters. The highest BCUT2D eigenvalue weighted by Gasteiger charge is 2.27. The quantitative estimate of drug-likeness (QED) is 0.410. The van der Waals surface area contributed by atoms with Crippen LogP contribution in [-0.2, 0) is 29.6 Å². The Kier molecular flexibility index (Phi) is 7.55. The third kappa shape index (κ3) is 5.70. The molecule has 0 aliphatic carbocycles. The number of rotatable bonds is 8. The minimum atomic E-state index is -3.92. The van der Waals surface area contributed by atoms with Crippen LogP contribution in [0.3, 0.4) is 0 Å². The molecule has 0 saturated carbocycles. The first-order chi connectivity index (χ1) is 15.9. The normalized spacial score (nSPS) is 15.0. The Morgan fingerprint density at radius 1 is 1.12 bits per heavy atom. The average molecular weight is 513 g/mol. The average Bonchev–Trinajstić information content (AvgIpc) is 2.78. The van der Waals surface area contributed by atoms with Gasteiger partial charge in [0, 0.05) is 19.2 Å². The van der Waals surface area contributed by atoms with E-state index < -0.39 is 37.4 Å². The third-order valence-electron chi connectivity index (χ3n) is 5.20. The molecule has 184 valence electrons. The number of morpholine rings is 1. The number of hydrogen-bond donors (Lipinski definition) is 1. The summed E-state index contributed by atoms with van der Waals surface area (Å²) in [6, 6.07) is 9.34. The van der Waals surface area contributed by atoms with Crippen molar-refractivity contribution in [3.8, 4) is 0 Å². The molecule has 0 radical (unpaired) electrons. The number of amides is 1. The fourth-order valence-electron chi connectivity index (χ4n) is 3.40. The zero-order valence-electron chi connectivity index (χ0n) is 18.5. The fourth-order valence-corrected chi connectivity index (χ4v) is 5.66. The summed E-state index contributed by atoms with van der Waals surface area (Å²) in [4.78, 5) is 23.1. The standard InChI is InChI=1S/C20H24N4O8S2/c1-15-18(4-3-5-19(15)24(26)27)21-20(25)14-23(33(2,28)29)16-6-8-17(9-7-16)34(30,31)22-10-12-32-13-11-22/h3-9H,10-14H2,1-2H3,(H,21,25). The van der Waals surface area contributed by atoms with Gasteiger partial charge in [0.25, 0.3) is 5.69 Å². The first-order valence-electron chi connectivity index (χ1n) is 10.1. The highest BCUT2D eigenvalue weighted by molar-refractivity contribution is 7.92. The lowest BCUT2D eigenvalue weighted by molar-refractivity contribution is -0.385. The Hall–Kier alpha value is -3.07. The lowest BCUT2D eigenvalue weighted by Crippen LogP contribution is -2.40. The van der Waals surface area contributed by atoms with Gasteiger partial charge >= 0.3 is 0 Å². The fraction of sp³-hybridized carbons (Fsp3) is 0.350. The van der Waals surface area contributed by atoms with Gasteiger partial charge in [0.1, 0.15) is 6.54 Å². The molecule has 3 rings (SSSR count). The zero-order chi connectivity index (χ0) is 25.1. The Morgan fingerprint density at radius 3 is 2.29 bits per heavy atom. The van der Waals surface area contributed by atoms with E-state index in [1.54, 1.807) is 0 Å². The molecule has 0 spiro atoms. The maximum Gasteiger partial charge on any atom is 0.274 e. The number of nitro groups is 1. The van der Waals surface area contributed by atoms with Crippen molar-refractivity contribution in [1.29, 1.82) is 0 Å². The zero-order valence-corrected chi connectivity index (χ0v) is 20.1. The largest absolute Gasteiger partial charge is 0.379 e. The van der Waals surface area contributed by atoms with Crippen molar-refractivity contribution >= 4 is 43.0 Å². The summed E-state index contributed by atoms with van der Waals surface area (Å²) in [5.74, 6) is -0.723. The van der Waals surface area contributed by atoms with Gasteiger partial charge in [-0.15, -0.1) is 0 Å². The van der Waals surface area contributed by atoms with Crippen LogP contribution >= 0.6 is 0 Å². The number of sulfonamides is 2. The molecule has 0 aromatic heterocycles. The number of anilines is 2. The van der Waals surface area contributed by atoms with Crippen molar-refractivity contribution in [3.63, 3.8) is 0 Å². The van der Waals surface area contributed by atoms with Crippen molar-refractivity contribution in [2.24, 2.45) is 0 Å². The first-order valence-corrected chi connectivity index (χ1v) is 13.4. The van der Waals surface area contributed by atoms with Gasteiger partial charge in [-0.25, -0.2) is 16.8 Å². The van der Waals surface area contributed by atoms with Crippen LogP contribution < -0.4 is 9.62 Å². The van der Waals surface area contributed by atoms with Crippen LogP contribution in [0.2, 0.25) is 0 Å². The molecule has 2 aromatic carbocycles. The van der Waals surface area contributed by atoms with E-state index in [0.717, 1.165) is 10.6 Å². The van der Waals surface area contributed by atoms with Gasteiger partial charge < -0.3 is 10.1 Å². The van der Waals surface area contributed by atoms with Crippen molar-refractivity contribution in [2.75, 3.05) is 48.7 Å². The van der Waals surface area contributed by atoms with Crippen molar-refractivity contribution in [1.82, 2.24) is 4.31 Å².